The van der Waals surface area contributed by atoms with E-state index in [9.17, 15) is 33.2 Å². The van der Waals surface area contributed by atoms with Crippen LogP contribution in [-0.4, -0.2) is 73.8 Å². The first-order valence-electron chi connectivity index (χ1n) is 17.8. The van der Waals surface area contributed by atoms with Gasteiger partial charge in [-0.3, -0.25) is 24.0 Å². The number of thiophene rings is 1. The van der Waals surface area contributed by atoms with Crippen LogP contribution < -0.4 is 32.3 Å². The predicted octanol–water partition coefficient (Wildman–Crippen LogP) is 3.81. The summed E-state index contributed by atoms with van der Waals surface area (Å²) < 4.78 is 18.4. The number of carbonyl (C=O) groups is 6. The molecule has 0 fully saturated rings. The molecule has 1 heterocycles. The third-order valence-electron chi connectivity index (χ3n) is 8.82. The van der Waals surface area contributed by atoms with Crippen molar-refractivity contribution in [2.75, 3.05) is 25.5 Å². The fourth-order valence-electron chi connectivity index (χ4n) is 5.72. The summed E-state index contributed by atoms with van der Waals surface area (Å²) in [5, 5.41) is 13.8. The monoisotopic (exact) mass is 766 g/mol. The first kappa shape index (κ1) is 43.3. The molecule has 0 aliphatic carbocycles. The molecule has 5 amide bonds. The molecule has 3 rings (SSSR count). The summed E-state index contributed by atoms with van der Waals surface area (Å²) in [5.74, 6) is -4.93. The number of nitrogens with one attached hydrogen (secondary N) is 5. The standard InChI is InChI=1S/C39H51FN6O7S/c1-8-27(25-14-16-26(40)17-15-25)33(47)46-38-29(39(52)53-7)23(6)32(54-38)37(51)43-19-18-42-35(49)30(21(2)3)45-36(50)31(22(4)5)44-34(48)28(41)20-24-12-10-9-11-13-24/h9-17,21-22,27-28,30-31H,8,18-20,41H2,1-7H3,(H,42,49)(H,43,51)(H,44,48)(H,45,50)(H,46,47). The Morgan fingerprint density at radius 1 is 0.796 bits per heavy atom. The fourth-order valence-corrected chi connectivity index (χ4v) is 6.83. The Kier molecular flexibility index (Phi) is 16.3. The minimum absolute atomic E-state index is 0.00236. The van der Waals surface area contributed by atoms with Crippen LogP contribution in [0.2, 0.25) is 0 Å². The van der Waals surface area contributed by atoms with E-state index in [1.165, 1.54) is 31.4 Å². The molecule has 3 aromatic rings. The van der Waals surface area contributed by atoms with Crippen LogP contribution in [0.3, 0.4) is 0 Å². The molecule has 2 aromatic carbocycles. The maximum Gasteiger partial charge on any atom is 0.341 e. The number of anilines is 1. The maximum absolute atomic E-state index is 13.5. The molecule has 0 aliphatic rings. The number of carbonyl (C=O) groups excluding carboxylic acids is 6. The molecule has 0 radical (unpaired) electrons. The second kappa shape index (κ2) is 20.3. The Bertz CT molecular complexity index is 1780. The third-order valence-corrected chi connectivity index (χ3v) is 10.0. The normalized spacial score (nSPS) is 13.3. The number of halogens is 1. The van der Waals surface area contributed by atoms with E-state index in [0.29, 0.717) is 24.0 Å². The summed E-state index contributed by atoms with van der Waals surface area (Å²) in [5.41, 5.74) is 7.94. The van der Waals surface area contributed by atoms with Gasteiger partial charge in [-0.25, -0.2) is 9.18 Å². The van der Waals surface area contributed by atoms with Gasteiger partial charge in [-0.15, -0.1) is 11.3 Å². The average Bonchev–Trinajstić information content (AvgIpc) is 3.46. The molecule has 0 bridgehead atoms. The lowest BCUT2D eigenvalue weighted by Crippen LogP contribution is -2.58. The number of hydrogen-bond donors (Lipinski definition) is 6. The van der Waals surface area contributed by atoms with Gasteiger partial charge in [0.15, 0.2) is 0 Å². The molecule has 13 nitrogen and oxygen atoms in total. The molecule has 54 heavy (non-hydrogen) atoms. The highest BCUT2D eigenvalue weighted by atomic mass is 32.1. The van der Waals surface area contributed by atoms with Gasteiger partial charge in [-0.2, -0.15) is 0 Å². The zero-order chi connectivity index (χ0) is 40.1. The van der Waals surface area contributed by atoms with E-state index in [1.54, 1.807) is 41.5 Å². The largest absolute Gasteiger partial charge is 0.465 e. The minimum atomic E-state index is -0.945. The van der Waals surface area contributed by atoms with Gasteiger partial charge >= 0.3 is 5.97 Å². The third kappa shape index (κ3) is 11.7. The van der Waals surface area contributed by atoms with Crippen LogP contribution in [-0.2, 0) is 30.3 Å². The van der Waals surface area contributed by atoms with Crippen LogP contribution in [0.5, 0.6) is 0 Å². The highest BCUT2D eigenvalue weighted by molar-refractivity contribution is 7.18. The highest BCUT2D eigenvalue weighted by Crippen LogP contribution is 2.35. The smallest absolute Gasteiger partial charge is 0.341 e. The SMILES string of the molecule is CCC(C(=O)Nc1sc(C(=O)NCCNC(=O)C(NC(=O)C(NC(=O)C(N)Cc2ccccc2)C(C)C)C(C)C)c(C)c1C(=O)OC)c1ccc(F)cc1. The van der Waals surface area contributed by atoms with Crippen molar-refractivity contribution in [1.82, 2.24) is 21.3 Å². The lowest BCUT2D eigenvalue weighted by molar-refractivity contribution is -0.134. The number of nitrogens with two attached hydrogens (primary N) is 1. The minimum Gasteiger partial charge on any atom is -0.465 e. The summed E-state index contributed by atoms with van der Waals surface area (Å²) in [6.07, 6.45) is 0.690. The van der Waals surface area contributed by atoms with Gasteiger partial charge in [0.05, 0.1) is 29.5 Å². The quantitative estimate of drug-likeness (QED) is 0.0830. The predicted molar refractivity (Wildman–Crippen MR) is 205 cm³/mol. The van der Waals surface area contributed by atoms with Gasteiger partial charge < -0.3 is 37.1 Å². The summed E-state index contributed by atoms with van der Waals surface area (Å²) in [7, 11) is 1.19. The molecule has 1 aromatic heterocycles. The molecular weight excluding hydrogens is 716 g/mol. The van der Waals surface area contributed by atoms with Gasteiger partial charge in [0, 0.05) is 13.1 Å². The van der Waals surface area contributed by atoms with Gasteiger partial charge in [-0.1, -0.05) is 77.1 Å². The topological polar surface area (TPSA) is 198 Å². The Morgan fingerprint density at radius 3 is 1.94 bits per heavy atom. The van der Waals surface area contributed by atoms with E-state index in [0.717, 1.165) is 16.9 Å². The molecular formula is C39H51FN6O7S. The molecule has 292 valence electrons. The Morgan fingerprint density at radius 2 is 1.37 bits per heavy atom. The van der Waals surface area contributed by atoms with Gasteiger partial charge in [-0.05, 0) is 60.4 Å². The van der Waals surface area contributed by atoms with Gasteiger partial charge in [0.2, 0.25) is 23.6 Å². The van der Waals surface area contributed by atoms with E-state index < -0.39 is 65.4 Å². The summed E-state index contributed by atoms with van der Waals surface area (Å²) in [6, 6.07) is 12.1. The number of hydrogen-bond acceptors (Lipinski definition) is 9. The lowest BCUT2D eigenvalue weighted by Gasteiger charge is -2.27. The van der Waals surface area contributed by atoms with E-state index in [4.69, 9.17) is 10.5 Å². The van der Waals surface area contributed by atoms with Crippen molar-refractivity contribution in [2.45, 2.75) is 78.4 Å². The molecule has 0 aliphatic heterocycles. The Hall–Kier alpha value is -5.15. The van der Waals surface area contributed by atoms with Crippen LogP contribution in [0.1, 0.15) is 83.7 Å². The summed E-state index contributed by atoms with van der Waals surface area (Å²) in [6.45, 7) is 10.5. The first-order chi connectivity index (χ1) is 25.6. The molecule has 0 saturated heterocycles. The van der Waals surface area contributed by atoms with E-state index in [-0.39, 0.29) is 40.4 Å². The Balaban J connectivity index is 1.61. The number of methoxy groups -OCH3 is 1. The molecule has 7 N–H and O–H groups in total. The van der Waals surface area contributed by atoms with Crippen molar-refractivity contribution in [3.8, 4) is 0 Å². The fraction of sp³-hybridized carbons (Fsp3) is 0.436. The lowest BCUT2D eigenvalue weighted by atomic mass is 9.95. The second-order valence-corrected chi connectivity index (χ2v) is 14.6. The van der Waals surface area contributed by atoms with Crippen molar-refractivity contribution in [2.24, 2.45) is 17.6 Å². The van der Waals surface area contributed by atoms with Gasteiger partial charge in [0.25, 0.3) is 5.91 Å². The van der Waals surface area contributed by atoms with Gasteiger partial charge in [0.1, 0.15) is 22.9 Å². The van der Waals surface area contributed by atoms with Crippen LogP contribution >= 0.6 is 11.3 Å². The van der Waals surface area contributed by atoms with Crippen LogP contribution in [0.25, 0.3) is 0 Å². The zero-order valence-electron chi connectivity index (χ0n) is 31.7. The molecule has 4 unspecified atom stereocenters. The Labute approximate surface area is 319 Å². The maximum atomic E-state index is 13.5. The summed E-state index contributed by atoms with van der Waals surface area (Å²) in [4.78, 5) is 78.9. The molecule has 15 heteroatoms. The number of esters is 1. The first-order valence-corrected chi connectivity index (χ1v) is 18.6. The van der Waals surface area contributed by atoms with E-state index >= 15 is 0 Å². The van der Waals surface area contributed by atoms with Crippen molar-refractivity contribution in [3.05, 3.63) is 87.5 Å². The number of ether oxygens (including phenoxy) is 1. The van der Waals surface area contributed by atoms with Crippen LogP contribution in [0.15, 0.2) is 54.6 Å². The average molecular weight is 767 g/mol. The molecule has 4 atom stereocenters. The second-order valence-electron chi connectivity index (χ2n) is 13.6. The van der Waals surface area contributed by atoms with Crippen LogP contribution in [0.4, 0.5) is 9.39 Å². The number of rotatable bonds is 18. The van der Waals surface area contributed by atoms with Crippen molar-refractivity contribution >= 4 is 51.8 Å². The number of amides is 5. The molecule has 0 spiro atoms. The van der Waals surface area contributed by atoms with E-state index in [2.05, 4.69) is 26.6 Å². The molecule has 0 saturated carbocycles. The zero-order valence-corrected chi connectivity index (χ0v) is 32.5. The van der Waals surface area contributed by atoms with Crippen molar-refractivity contribution in [1.29, 1.82) is 0 Å². The number of benzene rings is 2. The van der Waals surface area contributed by atoms with Crippen LogP contribution in [0, 0.1) is 24.6 Å². The van der Waals surface area contributed by atoms with E-state index in [1.807, 2.05) is 30.3 Å². The van der Waals surface area contributed by atoms with Crippen molar-refractivity contribution < 1.29 is 37.9 Å². The summed E-state index contributed by atoms with van der Waals surface area (Å²) >= 11 is 0.905. The van der Waals surface area contributed by atoms with Crippen molar-refractivity contribution in [3.63, 3.8) is 0 Å². The highest BCUT2D eigenvalue weighted by Gasteiger charge is 2.32.